The van der Waals surface area contributed by atoms with Crippen LogP contribution < -0.4 is 5.32 Å². The molecule has 0 unspecified atom stereocenters. The third-order valence-corrected chi connectivity index (χ3v) is 1.56. The first-order chi connectivity index (χ1) is 6.09. The number of hydrogen-bond acceptors (Lipinski definition) is 1. The van der Waals surface area contributed by atoms with Crippen molar-refractivity contribution in [2.45, 2.75) is 13.0 Å². The molecular weight excluding hydrogens is 178 g/mol. The number of halogens is 2. The van der Waals surface area contributed by atoms with Crippen LogP contribution in [0.2, 0.25) is 0 Å². The molecule has 72 valence electrons. The number of rotatable bonds is 3. The minimum Gasteiger partial charge on any atom is -0.357 e. The fourth-order valence-electron chi connectivity index (χ4n) is 0.932. The van der Waals surface area contributed by atoms with Gasteiger partial charge in [0.2, 0.25) is 0 Å². The molecule has 0 aromatic carbocycles. The molecule has 0 saturated heterocycles. The van der Waals surface area contributed by atoms with Crippen LogP contribution in [-0.4, -0.2) is 16.9 Å². The Balaban J connectivity index is 2.39. The molecule has 0 atom stereocenters. The van der Waals surface area contributed by atoms with Crippen LogP contribution in [0.3, 0.4) is 0 Å². The van der Waals surface area contributed by atoms with E-state index in [9.17, 15) is 13.6 Å². The van der Waals surface area contributed by atoms with Crippen molar-refractivity contribution in [1.29, 1.82) is 0 Å². The molecule has 0 aliphatic carbocycles. The van der Waals surface area contributed by atoms with Crippen molar-refractivity contribution in [2.75, 3.05) is 0 Å². The van der Waals surface area contributed by atoms with Crippen LogP contribution >= 0.6 is 0 Å². The van der Waals surface area contributed by atoms with E-state index in [1.54, 1.807) is 23.0 Å². The van der Waals surface area contributed by atoms with Crippen molar-refractivity contribution in [3.63, 3.8) is 0 Å². The van der Waals surface area contributed by atoms with Crippen molar-refractivity contribution < 1.29 is 13.6 Å². The summed E-state index contributed by atoms with van der Waals surface area (Å²) in [5, 5.41) is 2.11. The second-order valence-electron chi connectivity index (χ2n) is 2.70. The van der Waals surface area contributed by atoms with E-state index in [0.29, 0.717) is 0 Å². The van der Waals surface area contributed by atoms with Gasteiger partial charge in [-0.1, -0.05) is 0 Å². The largest absolute Gasteiger partial charge is 0.357 e. The van der Waals surface area contributed by atoms with Crippen molar-refractivity contribution in [2.24, 2.45) is 7.05 Å². The van der Waals surface area contributed by atoms with Crippen LogP contribution in [0.15, 0.2) is 18.5 Å². The van der Waals surface area contributed by atoms with Crippen LogP contribution in [-0.2, 0) is 18.4 Å². The predicted octanol–water partition coefficient (Wildman–Crippen LogP) is 0.906. The molecule has 1 N–H and O–H groups in total. The van der Waals surface area contributed by atoms with Gasteiger partial charge in [0.25, 0.3) is 5.91 Å². The molecule has 0 bridgehead atoms. The minimum atomic E-state index is -2.94. The summed E-state index contributed by atoms with van der Waals surface area (Å²) in [7, 11) is 1.82. The molecule has 0 aliphatic heterocycles. The van der Waals surface area contributed by atoms with E-state index < -0.39 is 12.3 Å². The van der Waals surface area contributed by atoms with Gasteiger partial charge < -0.3 is 9.88 Å². The molecule has 0 radical (unpaired) electrons. The first-order valence-electron chi connectivity index (χ1n) is 3.76. The highest BCUT2D eigenvalue weighted by Crippen LogP contribution is 1.99. The Bertz CT molecular complexity index is 296. The normalized spacial score (nSPS) is 10.5. The Morgan fingerprint density at radius 1 is 1.69 bits per heavy atom. The van der Waals surface area contributed by atoms with Gasteiger partial charge >= 0.3 is 6.43 Å². The summed E-state index contributed by atoms with van der Waals surface area (Å²) in [5.74, 6) is -1.23. The first kappa shape index (κ1) is 9.70. The maximum Gasteiger partial charge on any atom is 0.315 e. The van der Waals surface area contributed by atoms with Crippen LogP contribution in [0.25, 0.3) is 0 Å². The van der Waals surface area contributed by atoms with Gasteiger partial charge in [-0.15, -0.1) is 0 Å². The zero-order valence-electron chi connectivity index (χ0n) is 7.13. The van der Waals surface area contributed by atoms with E-state index in [1.165, 1.54) is 0 Å². The highest BCUT2D eigenvalue weighted by molar-refractivity contribution is 5.78. The Kier molecular flexibility index (Phi) is 3.00. The minimum absolute atomic E-state index is 0.143. The number of nitrogens with zero attached hydrogens (tertiary/aromatic N) is 1. The molecule has 3 nitrogen and oxygen atoms in total. The van der Waals surface area contributed by atoms with E-state index >= 15 is 0 Å². The molecule has 0 fully saturated rings. The topological polar surface area (TPSA) is 34.0 Å². The van der Waals surface area contributed by atoms with Crippen LogP contribution in [0.5, 0.6) is 0 Å². The Hall–Kier alpha value is -1.39. The molecule has 0 saturated carbocycles. The van der Waals surface area contributed by atoms with Crippen molar-refractivity contribution in [1.82, 2.24) is 9.88 Å². The summed E-state index contributed by atoms with van der Waals surface area (Å²) < 4.78 is 25.2. The Morgan fingerprint density at radius 2 is 2.38 bits per heavy atom. The summed E-state index contributed by atoms with van der Waals surface area (Å²) in [4.78, 5) is 10.5. The molecule has 1 amide bonds. The monoisotopic (exact) mass is 188 g/mol. The second kappa shape index (κ2) is 4.02. The second-order valence-corrected chi connectivity index (χ2v) is 2.70. The predicted molar refractivity (Wildman–Crippen MR) is 43.3 cm³/mol. The van der Waals surface area contributed by atoms with E-state index in [1.807, 2.05) is 7.05 Å². The summed E-state index contributed by atoms with van der Waals surface area (Å²) >= 11 is 0. The summed E-state index contributed by atoms with van der Waals surface area (Å²) in [5.41, 5.74) is 0.802. The zero-order valence-corrected chi connectivity index (χ0v) is 7.13. The van der Waals surface area contributed by atoms with Gasteiger partial charge in [-0.25, -0.2) is 0 Å². The van der Waals surface area contributed by atoms with E-state index in [2.05, 4.69) is 5.32 Å². The molecule has 5 heteroatoms. The lowest BCUT2D eigenvalue weighted by atomic mass is 10.3. The maximum absolute atomic E-state index is 11.7. The van der Waals surface area contributed by atoms with Gasteiger partial charge in [0.15, 0.2) is 0 Å². The van der Waals surface area contributed by atoms with Crippen LogP contribution in [0, 0.1) is 0 Å². The van der Waals surface area contributed by atoms with Crippen LogP contribution in [0.1, 0.15) is 5.56 Å². The van der Waals surface area contributed by atoms with E-state index in [4.69, 9.17) is 0 Å². The Labute approximate surface area is 74.4 Å². The van der Waals surface area contributed by atoms with Crippen LogP contribution in [0.4, 0.5) is 8.78 Å². The number of hydrogen-bond donors (Lipinski definition) is 1. The smallest absolute Gasteiger partial charge is 0.315 e. The average molecular weight is 188 g/mol. The quantitative estimate of drug-likeness (QED) is 0.751. The number of carbonyl (C=O) groups excluding carboxylic acids is 1. The highest BCUT2D eigenvalue weighted by Gasteiger charge is 2.13. The highest BCUT2D eigenvalue weighted by atomic mass is 19.3. The molecule has 13 heavy (non-hydrogen) atoms. The molecule has 1 aromatic rings. The molecule has 0 spiro atoms. The molecular formula is C8H10F2N2O. The number of alkyl halides is 2. The summed E-state index contributed by atoms with van der Waals surface area (Å²) in [6.07, 6.45) is 0.596. The zero-order chi connectivity index (χ0) is 9.84. The van der Waals surface area contributed by atoms with Gasteiger partial charge in [0.05, 0.1) is 0 Å². The third kappa shape index (κ3) is 2.85. The van der Waals surface area contributed by atoms with Gasteiger partial charge in [-0.2, -0.15) is 8.78 Å². The van der Waals surface area contributed by atoms with E-state index in [-0.39, 0.29) is 6.54 Å². The number of carbonyl (C=O) groups is 1. The molecule has 1 aromatic heterocycles. The van der Waals surface area contributed by atoms with Crippen molar-refractivity contribution >= 4 is 5.91 Å². The lowest BCUT2D eigenvalue weighted by Crippen LogP contribution is -2.28. The molecule has 1 rings (SSSR count). The lowest BCUT2D eigenvalue weighted by molar-refractivity contribution is -0.131. The van der Waals surface area contributed by atoms with Gasteiger partial charge in [-0.05, 0) is 11.6 Å². The van der Waals surface area contributed by atoms with Gasteiger partial charge in [0, 0.05) is 26.0 Å². The third-order valence-electron chi connectivity index (χ3n) is 1.56. The van der Waals surface area contributed by atoms with Crippen molar-refractivity contribution in [3.8, 4) is 0 Å². The number of aromatic nitrogens is 1. The summed E-state index contributed by atoms with van der Waals surface area (Å²) in [6.45, 7) is 0.143. The van der Waals surface area contributed by atoms with Gasteiger partial charge in [-0.3, -0.25) is 4.79 Å². The van der Waals surface area contributed by atoms with Gasteiger partial charge in [0.1, 0.15) is 0 Å². The first-order valence-corrected chi connectivity index (χ1v) is 3.76. The van der Waals surface area contributed by atoms with Crippen molar-refractivity contribution in [3.05, 3.63) is 24.0 Å². The fourth-order valence-corrected chi connectivity index (χ4v) is 0.932. The average Bonchev–Trinajstić information content (AvgIpc) is 2.47. The SMILES string of the molecule is Cn1ccc(CNC(=O)C(F)F)c1. The Morgan fingerprint density at radius 3 is 2.85 bits per heavy atom. The molecule has 1 heterocycles. The lowest BCUT2D eigenvalue weighted by Gasteiger charge is -2.01. The molecule has 0 aliphatic rings. The summed E-state index contributed by atoms with van der Waals surface area (Å²) in [6, 6.07) is 1.76. The maximum atomic E-state index is 11.7. The number of aryl methyl sites for hydroxylation is 1. The fraction of sp³-hybridized carbons (Fsp3) is 0.375. The number of amides is 1. The van der Waals surface area contributed by atoms with E-state index in [0.717, 1.165) is 5.56 Å². The standard InChI is InChI=1S/C8H10F2N2O/c1-12-3-2-6(5-12)4-11-8(13)7(9)10/h2-3,5,7H,4H2,1H3,(H,11,13). The number of nitrogens with one attached hydrogen (secondary N) is 1.